The summed E-state index contributed by atoms with van der Waals surface area (Å²) in [5.74, 6) is 0.838. The molecule has 1 atom stereocenters. The number of anilines is 1. The molecule has 1 heterocycles. The fourth-order valence-electron chi connectivity index (χ4n) is 2.96. The molecule has 0 bridgehead atoms. The van der Waals surface area contributed by atoms with Crippen molar-refractivity contribution in [1.29, 1.82) is 0 Å². The minimum atomic E-state index is -0.221. The second-order valence-corrected chi connectivity index (χ2v) is 7.56. The van der Waals surface area contributed by atoms with Gasteiger partial charge < -0.3 is 9.80 Å². The van der Waals surface area contributed by atoms with Crippen LogP contribution in [0, 0.1) is 5.82 Å². The Kier molecular flexibility index (Phi) is 5.97. The molecule has 1 fully saturated rings. The number of carbonyl (C=O) groups excluding carboxylic acids is 1. The monoisotopic (exact) mass is 358 g/mol. The molecule has 1 saturated heterocycles. The first-order valence-corrected chi connectivity index (χ1v) is 9.63. The molecule has 1 aliphatic heterocycles. The number of piperazine rings is 1. The highest BCUT2D eigenvalue weighted by atomic mass is 32.2. The Morgan fingerprint density at radius 3 is 2.32 bits per heavy atom. The van der Waals surface area contributed by atoms with E-state index < -0.39 is 0 Å². The molecule has 0 N–H and O–H groups in total. The lowest BCUT2D eigenvalue weighted by atomic mass is 10.2. The number of amides is 1. The number of nitrogens with zero attached hydrogens (tertiary/aromatic N) is 2. The molecule has 3 rings (SSSR count). The smallest absolute Gasteiger partial charge is 0.235 e. The Labute approximate surface area is 152 Å². The number of halogens is 1. The molecule has 25 heavy (non-hydrogen) atoms. The fraction of sp³-hybridized carbons (Fsp3) is 0.350. The van der Waals surface area contributed by atoms with E-state index in [0.29, 0.717) is 13.1 Å². The highest BCUT2D eigenvalue weighted by Gasteiger charge is 2.25. The van der Waals surface area contributed by atoms with Gasteiger partial charge in [-0.1, -0.05) is 30.3 Å². The third-order valence-corrected chi connectivity index (χ3v) is 5.68. The van der Waals surface area contributed by atoms with Crippen LogP contribution in [0.3, 0.4) is 0 Å². The van der Waals surface area contributed by atoms with Crippen LogP contribution in [0.1, 0.15) is 12.5 Å². The lowest BCUT2D eigenvalue weighted by molar-refractivity contribution is -0.130. The van der Waals surface area contributed by atoms with E-state index in [4.69, 9.17) is 0 Å². The number of rotatable bonds is 5. The van der Waals surface area contributed by atoms with Crippen LogP contribution >= 0.6 is 11.8 Å². The van der Waals surface area contributed by atoms with Gasteiger partial charge in [-0.15, -0.1) is 11.8 Å². The molecule has 0 aromatic heterocycles. The summed E-state index contributed by atoms with van der Waals surface area (Å²) >= 11 is 1.68. The van der Waals surface area contributed by atoms with Crippen molar-refractivity contribution in [3.05, 3.63) is 66.0 Å². The molecule has 0 spiro atoms. The van der Waals surface area contributed by atoms with E-state index >= 15 is 0 Å². The molecule has 0 aliphatic carbocycles. The van der Waals surface area contributed by atoms with Crippen LogP contribution in [0.4, 0.5) is 10.1 Å². The van der Waals surface area contributed by atoms with E-state index in [9.17, 15) is 9.18 Å². The zero-order chi connectivity index (χ0) is 17.6. The maximum absolute atomic E-state index is 13.0. The van der Waals surface area contributed by atoms with E-state index in [2.05, 4.69) is 17.0 Å². The molecule has 5 heteroatoms. The Morgan fingerprint density at radius 2 is 1.68 bits per heavy atom. The zero-order valence-electron chi connectivity index (χ0n) is 14.4. The van der Waals surface area contributed by atoms with Gasteiger partial charge in [0, 0.05) is 37.6 Å². The SMILES string of the molecule is C[C@@H](SCc1ccccc1)C(=O)N1CCN(c2ccc(F)cc2)CC1. The summed E-state index contributed by atoms with van der Waals surface area (Å²) in [7, 11) is 0. The number of hydrogen-bond acceptors (Lipinski definition) is 3. The van der Waals surface area contributed by atoms with Gasteiger partial charge in [0.2, 0.25) is 5.91 Å². The lowest BCUT2D eigenvalue weighted by Crippen LogP contribution is -2.50. The Bertz CT molecular complexity index is 685. The third-order valence-electron chi connectivity index (χ3n) is 4.47. The van der Waals surface area contributed by atoms with Crippen molar-refractivity contribution in [2.75, 3.05) is 31.1 Å². The number of thioether (sulfide) groups is 1. The molecule has 3 nitrogen and oxygen atoms in total. The molecule has 0 saturated carbocycles. The molecule has 132 valence electrons. The first-order chi connectivity index (χ1) is 12.1. The van der Waals surface area contributed by atoms with Gasteiger partial charge in [-0.05, 0) is 36.8 Å². The predicted octanol–water partition coefficient (Wildman–Crippen LogP) is 3.80. The maximum Gasteiger partial charge on any atom is 0.235 e. The van der Waals surface area contributed by atoms with Crippen LogP contribution < -0.4 is 4.90 Å². The fourth-order valence-corrected chi connectivity index (χ4v) is 3.89. The molecule has 2 aromatic rings. The normalized spacial score (nSPS) is 15.9. The Hall–Kier alpha value is -2.01. The van der Waals surface area contributed by atoms with Crippen molar-refractivity contribution in [3.63, 3.8) is 0 Å². The highest BCUT2D eigenvalue weighted by Crippen LogP contribution is 2.21. The van der Waals surface area contributed by atoms with Gasteiger partial charge in [-0.3, -0.25) is 4.79 Å². The van der Waals surface area contributed by atoms with Gasteiger partial charge >= 0.3 is 0 Å². The van der Waals surface area contributed by atoms with Crippen molar-refractivity contribution in [3.8, 4) is 0 Å². The van der Waals surface area contributed by atoms with Crippen LogP contribution in [0.2, 0.25) is 0 Å². The predicted molar refractivity (Wildman–Crippen MR) is 102 cm³/mol. The summed E-state index contributed by atoms with van der Waals surface area (Å²) < 4.78 is 13.0. The maximum atomic E-state index is 13.0. The van der Waals surface area contributed by atoms with E-state index in [1.165, 1.54) is 17.7 Å². The second kappa shape index (κ2) is 8.39. The van der Waals surface area contributed by atoms with E-state index in [1.54, 1.807) is 23.9 Å². The summed E-state index contributed by atoms with van der Waals surface area (Å²) in [6, 6.07) is 16.8. The summed E-state index contributed by atoms with van der Waals surface area (Å²) in [6.07, 6.45) is 0. The van der Waals surface area contributed by atoms with Crippen LogP contribution in [0.5, 0.6) is 0 Å². The topological polar surface area (TPSA) is 23.6 Å². The standard InChI is InChI=1S/C20H23FN2OS/c1-16(25-15-17-5-3-2-4-6-17)20(24)23-13-11-22(12-14-23)19-9-7-18(21)8-10-19/h2-10,16H,11-15H2,1H3/t16-/m1/s1. The van der Waals surface area contributed by atoms with E-state index in [0.717, 1.165) is 24.5 Å². The van der Waals surface area contributed by atoms with Crippen molar-refractivity contribution < 1.29 is 9.18 Å². The minimum Gasteiger partial charge on any atom is -0.368 e. The first kappa shape index (κ1) is 17.8. The van der Waals surface area contributed by atoms with Crippen molar-refractivity contribution in [2.24, 2.45) is 0 Å². The van der Waals surface area contributed by atoms with Crippen molar-refractivity contribution in [1.82, 2.24) is 4.90 Å². The number of carbonyl (C=O) groups is 1. The summed E-state index contributed by atoms with van der Waals surface area (Å²) in [6.45, 7) is 4.99. The molecule has 1 aliphatic rings. The Morgan fingerprint density at radius 1 is 1.04 bits per heavy atom. The van der Waals surface area contributed by atoms with E-state index in [-0.39, 0.29) is 17.0 Å². The molecule has 1 amide bonds. The van der Waals surface area contributed by atoms with Gasteiger partial charge in [-0.25, -0.2) is 4.39 Å². The van der Waals surface area contributed by atoms with Crippen LogP contribution in [-0.4, -0.2) is 42.2 Å². The van der Waals surface area contributed by atoms with Crippen LogP contribution in [0.15, 0.2) is 54.6 Å². The largest absolute Gasteiger partial charge is 0.368 e. The highest BCUT2D eigenvalue weighted by molar-refractivity contribution is 7.99. The quantitative estimate of drug-likeness (QED) is 0.812. The Balaban J connectivity index is 1.48. The number of hydrogen-bond donors (Lipinski definition) is 0. The van der Waals surface area contributed by atoms with Crippen LogP contribution in [0.25, 0.3) is 0 Å². The summed E-state index contributed by atoms with van der Waals surface area (Å²) in [4.78, 5) is 16.8. The van der Waals surface area contributed by atoms with Crippen LogP contribution in [-0.2, 0) is 10.5 Å². The van der Waals surface area contributed by atoms with Gasteiger partial charge in [0.15, 0.2) is 0 Å². The van der Waals surface area contributed by atoms with Gasteiger partial charge in [-0.2, -0.15) is 0 Å². The number of benzene rings is 2. The van der Waals surface area contributed by atoms with Crippen molar-refractivity contribution >= 4 is 23.4 Å². The molecule has 0 unspecified atom stereocenters. The second-order valence-electron chi connectivity index (χ2n) is 6.23. The molecule has 2 aromatic carbocycles. The summed E-state index contributed by atoms with van der Waals surface area (Å²) in [5.41, 5.74) is 2.26. The van der Waals surface area contributed by atoms with Gasteiger partial charge in [0.1, 0.15) is 5.82 Å². The minimum absolute atomic E-state index is 0.0439. The third kappa shape index (κ3) is 4.75. The van der Waals surface area contributed by atoms with Gasteiger partial charge in [0.05, 0.1) is 5.25 Å². The first-order valence-electron chi connectivity index (χ1n) is 8.58. The van der Waals surface area contributed by atoms with Crippen molar-refractivity contribution in [2.45, 2.75) is 17.9 Å². The molecular weight excluding hydrogens is 335 g/mol. The summed E-state index contributed by atoms with van der Waals surface area (Å²) in [5, 5.41) is -0.0439. The average Bonchev–Trinajstić information content (AvgIpc) is 2.67. The molecular formula is C20H23FN2OS. The van der Waals surface area contributed by atoms with Gasteiger partial charge in [0.25, 0.3) is 0 Å². The lowest BCUT2D eigenvalue weighted by Gasteiger charge is -2.37. The molecule has 0 radical (unpaired) electrons. The zero-order valence-corrected chi connectivity index (χ0v) is 15.2. The van der Waals surface area contributed by atoms with E-state index in [1.807, 2.05) is 30.0 Å². The average molecular weight is 358 g/mol.